The predicted octanol–water partition coefficient (Wildman–Crippen LogP) is 1.88. The average molecular weight is 267 g/mol. The van der Waals surface area contributed by atoms with Gasteiger partial charge in [0.15, 0.2) is 0 Å². The minimum Gasteiger partial charge on any atom is -0.463 e. The van der Waals surface area contributed by atoms with Crippen LogP contribution in [0, 0.1) is 5.92 Å². The molecular formula is C14H21NO4. The molecule has 0 radical (unpaired) electrons. The zero-order valence-electron chi connectivity index (χ0n) is 11.4. The molecule has 3 atom stereocenters. The van der Waals surface area contributed by atoms with Gasteiger partial charge in [-0.05, 0) is 50.8 Å². The number of methoxy groups -OCH3 is 1. The standard InChI is InChI=1S/C14H21NO4/c1-9(15-8-10-3-4-11(16)7-10)12-5-6-13(19-12)14(17)18-2/h5-6,9-11,15-16H,3-4,7-8H2,1-2H3. The van der Waals surface area contributed by atoms with E-state index in [9.17, 15) is 9.90 Å². The number of carbonyl (C=O) groups is 1. The van der Waals surface area contributed by atoms with Gasteiger partial charge < -0.3 is 19.6 Å². The second kappa shape index (κ2) is 6.21. The van der Waals surface area contributed by atoms with Crippen LogP contribution in [0.5, 0.6) is 0 Å². The lowest BCUT2D eigenvalue weighted by Gasteiger charge is -2.15. The highest BCUT2D eigenvalue weighted by atomic mass is 16.5. The maximum Gasteiger partial charge on any atom is 0.373 e. The molecule has 0 saturated heterocycles. The highest BCUT2D eigenvalue weighted by Crippen LogP contribution is 2.25. The summed E-state index contributed by atoms with van der Waals surface area (Å²) in [5.41, 5.74) is 0. The Hall–Kier alpha value is -1.33. The topological polar surface area (TPSA) is 71.7 Å². The fraction of sp³-hybridized carbons (Fsp3) is 0.643. The number of ether oxygens (including phenoxy) is 1. The summed E-state index contributed by atoms with van der Waals surface area (Å²) in [6, 6.07) is 3.45. The quantitative estimate of drug-likeness (QED) is 0.797. The molecule has 0 aliphatic heterocycles. The molecule has 0 amide bonds. The summed E-state index contributed by atoms with van der Waals surface area (Å²) in [5, 5.41) is 12.9. The van der Waals surface area contributed by atoms with Gasteiger partial charge in [-0.2, -0.15) is 0 Å². The Bertz CT molecular complexity index is 429. The number of aliphatic hydroxyl groups excluding tert-OH is 1. The summed E-state index contributed by atoms with van der Waals surface area (Å²) in [7, 11) is 1.33. The van der Waals surface area contributed by atoms with Crippen molar-refractivity contribution in [3.8, 4) is 0 Å². The van der Waals surface area contributed by atoms with Crippen LogP contribution in [0.3, 0.4) is 0 Å². The van der Waals surface area contributed by atoms with Crippen LogP contribution in [-0.2, 0) is 4.74 Å². The summed E-state index contributed by atoms with van der Waals surface area (Å²) in [6.45, 7) is 2.84. The first-order chi connectivity index (χ1) is 9.10. The van der Waals surface area contributed by atoms with Crippen molar-refractivity contribution in [1.29, 1.82) is 0 Å². The normalized spacial score (nSPS) is 24.4. The van der Waals surface area contributed by atoms with Crippen LogP contribution in [-0.4, -0.2) is 30.8 Å². The maximum atomic E-state index is 11.3. The van der Waals surface area contributed by atoms with Crippen LogP contribution in [0.15, 0.2) is 16.5 Å². The Labute approximate surface area is 112 Å². The third kappa shape index (κ3) is 3.58. The van der Waals surface area contributed by atoms with Crippen LogP contribution in [0.4, 0.5) is 0 Å². The molecule has 3 unspecified atom stereocenters. The number of hydrogen-bond donors (Lipinski definition) is 2. The number of furan rings is 1. The third-order valence-corrected chi connectivity index (χ3v) is 3.67. The van der Waals surface area contributed by atoms with Crippen molar-refractivity contribution in [3.63, 3.8) is 0 Å². The van der Waals surface area contributed by atoms with Crippen LogP contribution in [0.1, 0.15) is 48.5 Å². The molecule has 1 saturated carbocycles. The zero-order valence-corrected chi connectivity index (χ0v) is 11.4. The number of aliphatic hydroxyl groups is 1. The van der Waals surface area contributed by atoms with Gasteiger partial charge >= 0.3 is 5.97 Å². The number of hydrogen-bond acceptors (Lipinski definition) is 5. The average Bonchev–Trinajstić information content (AvgIpc) is 3.04. The van der Waals surface area contributed by atoms with Crippen molar-refractivity contribution in [2.45, 2.75) is 38.3 Å². The molecule has 1 fully saturated rings. The van der Waals surface area contributed by atoms with Crippen LogP contribution in [0.2, 0.25) is 0 Å². The highest BCUT2D eigenvalue weighted by molar-refractivity contribution is 5.86. The molecule has 0 aromatic carbocycles. The number of carbonyl (C=O) groups excluding carboxylic acids is 1. The zero-order chi connectivity index (χ0) is 13.8. The van der Waals surface area contributed by atoms with Crippen molar-refractivity contribution in [1.82, 2.24) is 5.32 Å². The molecule has 106 valence electrons. The highest BCUT2D eigenvalue weighted by Gasteiger charge is 2.23. The van der Waals surface area contributed by atoms with Gasteiger partial charge in [0, 0.05) is 0 Å². The van der Waals surface area contributed by atoms with Crippen LogP contribution < -0.4 is 5.32 Å². The van der Waals surface area contributed by atoms with E-state index in [1.165, 1.54) is 7.11 Å². The second-order valence-electron chi connectivity index (χ2n) is 5.16. The number of nitrogens with one attached hydrogen (secondary N) is 1. The molecule has 0 bridgehead atoms. The largest absolute Gasteiger partial charge is 0.463 e. The summed E-state index contributed by atoms with van der Waals surface area (Å²) in [6.07, 6.45) is 2.68. The first kappa shape index (κ1) is 14.1. The van der Waals surface area contributed by atoms with Crippen molar-refractivity contribution >= 4 is 5.97 Å². The van der Waals surface area contributed by atoms with Crippen molar-refractivity contribution in [2.24, 2.45) is 5.92 Å². The van der Waals surface area contributed by atoms with Gasteiger partial charge in [0.2, 0.25) is 5.76 Å². The van der Waals surface area contributed by atoms with Gasteiger partial charge in [-0.1, -0.05) is 0 Å². The van der Waals surface area contributed by atoms with E-state index in [4.69, 9.17) is 4.42 Å². The Kier molecular flexibility index (Phi) is 4.61. The Morgan fingerprint density at radius 2 is 2.37 bits per heavy atom. The molecule has 19 heavy (non-hydrogen) atoms. The summed E-state index contributed by atoms with van der Waals surface area (Å²) in [5.74, 6) is 1.01. The molecule has 1 heterocycles. The Morgan fingerprint density at radius 1 is 1.58 bits per heavy atom. The lowest BCUT2D eigenvalue weighted by molar-refractivity contribution is 0.0562. The van der Waals surface area contributed by atoms with Crippen LogP contribution in [0.25, 0.3) is 0 Å². The molecule has 1 aliphatic carbocycles. The monoisotopic (exact) mass is 267 g/mol. The van der Waals surface area contributed by atoms with E-state index in [1.54, 1.807) is 12.1 Å². The van der Waals surface area contributed by atoms with Crippen molar-refractivity contribution < 1.29 is 19.1 Å². The predicted molar refractivity (Wildman–Crippen MR) is 69.8 cm³/mol. The molecule has 5 nitrogen and oxygen atoms in total. The van der Waals surface area contributed by atoms with E-state index in [-0.39, 0.29) is 17.9 Å². The molecule has 5 heteroatoms. The maximum absolute atomic E-state index is 11.3. The summed E-state index contributed by atoms with van der Waals surface area (Å²) < 4.78 is 10.0. The van der Waals surface area contributed by atoms with E-state index in [2.05, 4.69) is 10.1 Å². The van der Waals surface area contributed by atoms with E-state index >= 15 is 0 Å². The smallest absolute Gasteiger partial charge is 0.373 e. The molecule has 1 aliphatic rings. The summed E-state index contributed by atoms with van der Waals surface area (Å²) >= 11 is 0. The molecule has 0 spiro atoms. The van der Waals surface area contributed by atoms with Gasteiger partial charge in [0.25, 0.3) is 0 Å². The van der Waals surface area contributed by atoms with Gasteiger partial charge in [-0.3, -0.25) is 0 Å². The number of rotatable bonds is 5. The molecule has 2 rings (SSSR count). The minimum atomic E-state index is -0.461. The lowest BCUT2D eigenvalue weighted by atomic mass is 10.1. The fourth-order valence-corrected chi connectivity index (χ4v) is 2.47. The van der Waals surface area contributed by atoms with Crippen molar-refractivity contribution in [2.75, 3.05) is 13.7 Å². The van der Waals surface area contributed by atoms with Gasteiger partial charge in [0.1, 0.15) is 5.76 Å². The summed E-state index contributed by atoms with van der Waals surface area (Å²) in [4.78, 5) is 11.3. The molecular weight excluding hydrogens is 246 g/mol. The number of esters is 1. The van der Waals surface area contributed by atoms with Gasteiger partial charge in [-0.25, -0.2) is 4.79 Å². The first-order valence-corrected chi connectivity index (χ1v) is 6.69. The fourth-order valence-electron chi connectivity index (χ4n) is 2.47. The van der Waals surface area contributed by atoms with Gasteiger partial charge in [-0.15, -0.1) is 0 Å². The van der Waals surface area contributed by atoms with Crippen molar-refractivity contribution in [3.05, 3.63) is 23.7 Å². The SMILES string of the molecule is COC(=O)c1ccc(C(C)NCC2CCC(O)C2)o1. The van der Waals surface area contributed by atoms with Crippen LogP contribution >= 0.6 is 0 Å². The second-order valence-corrected chi connectivity index (χ2v) is 5.16. The third-order valence-electron chi connectivity index (χ3n) is 3.67. The Balaban J connectivity index is 1.84. The van der Waals surface area contributed by atoms with E-state index < -0.39 is 5.97 Å². The van der Waals surface area contributed by atoms with E-state index in [0.29, 0.717) is 5.92 Å². The lowest BCUT2D eigenvalue weighted by Crippen LogP contribution is -2.24. The molecule has 1 aromatic rings. The Morgan fingerprint density at radius 3 is 3.00 bits per heavy atom. The van der Waals surface area contributed by atoms with E-state index in [1.807, 2.05) is 6.92 Å². The first-order valence-electron chi connectivity index (χ1n) is 6.69. The minimum absolute atomic E-state index is 0.0381. The molecule has 2 N–H and O–H groups in total. The van der Waals surface area contributed by atoms with E-state index in [0.717, 1.165) is 31.6 Å². The van der Waals surface area contributed by atoms with Gasteiger partial charge in [0.05, 0.1) is 19.3 Å². The molecule has 1 aromatic heterocycles.